The molecule has 1 heterocycles. The fourth-order valence-corrected chi connectivity index (χ4v) is 3.26. The zero-order valence-electron chi connectivity index (χ0n) is 15.9. The Kier molecular flexibility index (Phi) is 5.33. The molecule has 29 heavy (non-hydrogen) atoms. The molecule has 1 amide bonds. The molecule has 4 rings (SSSR count). The molecule has 1 N–H and O–H groups in total. The van der Waals surface area contributed by atoms with Crippen molar-refractivity contribution < 1.29 is 13.7 Å². The second-order valence-corrected chi connectivity index (χ2v) is 6.88. The van der Waals surface area contributed by atoms with Crippen LogP contribution >= 0.6 is 0 Å². The first-order chi connectivity index (χ1) is 14.1. The van der Waals surface area contributed by atoms with Crippen LogP contribution in [0, 0.1) is 5.82 Å². The standard InChI is InChI=1S/C23H20FN3O2/c1-15(16-9-11-18(24)12-10-16)25-21(28)13-14-22-26-23(27-29-22)20-8-4-6-17-5-2-3-7-19(17)20/h2-12,15H,13-14H2,1H3,(H,25,28). The lowest BCUT2D eigenvalue weighted by atomic mass is 10.0. The number of carbonyl (C=O) groups excluding carboxylic acids is 1. The number of halogens is 1. The van der Waals surface area contributed by atoms with Crippen molar-refractivity contribution in [3.05, 3.63) is 84.0 Å². The SMILES string of the molecule is CC(NC(=O)CCc1nc(-c2cccc3ccccc23)no1)c1ccc(F)cc1. The van der Waals surface area contributed by atoms with Crippen LogP contribution in [0.5, 0.6) is 0 Å². The van der Waals surface area contributed by atoms with Crippen molar-refractivity contribution in [1.82, 2.24) is 15.5 Å². The number of benzene rings is 3. The molecule has 6 heteroatoms. The van der Waals surface area contributed by atoms with E-state index in [0.717, 1.165) is 21.9 Å². The van der Waals surface area contributed by atoms with Crippen LogP contribution in [-0.4, -0.2) is 16.0 Å². The highest BCUT2D eigenvalue weighted by Gasteiger charge is 2.14. The van der Waals surface area contributed by atoms with E-state index in [4.69, 9.17) is 4.52 Å². The zero-order valence-corrected chi connectivity index (χ0v) is 15.9. The molecule has 0 aliphatic heterocycles. The number of aromatic nitrogens is 2. The number of amides is 1. The van der Waals surface area contributed by atoms with E-state index in [2.05, 4.69) is 15.5 Å². The third kappa shape index (κ3) is 4.32. The lowest BCUT2D eigenvalue weighted by Gasteiger charge is -2.13. The largest absolute Gasteiger partial charge is 0.350 e. The number of nitrogens with one attached hydrogen (secondary N) is 1. The van der Waals surface area contributed by atoms with Gasteiger partial charge < -0.3 is 9.84 Å². The second kappa shape index (κ2) is 8.22. The lowest BCUT2D eigenvalue weighted by molar-refractivity contribution is -0.121. The molecule has 0 saturated carbocycles. The molecule has 0 saturated heterocycles. The average Bonchev–Trinajstić information content (AvgIpc) is 3.21. The number of carbonyl (C=O) groups is 1. The third-order valence-corrected chi connectivity index (χ3v) is 4.81. The molecule has 5 nitrogen and oxygen atoms in total. The minimum absolute atomic E-state index is 0.133. The van der Waals surface area contributed by atoms with Gasteiger partial charge in [-0.15, -0.1) is 0 Å². The quantitative estimate of drug-likeness (QED) is 0.512. The van der Waals surface area contributed by atoms with Gasteiger partial charge in [-0.05, 0) is 35.4 Å². The molecular formula is C23H20FN3O2. The van der Waals surface area contributed by atoms with Gasteiger partial charge in [0.05, 0.1) is 6.04 Å². The van der Waals surface area contributed by atoms with Gasteiger partial charge in [0, 0.05) is 18.4 Å². The molecule has 0 aliphatic carbocycles. The third-order valence-electron chi connectivity index (χ3n) is 4.81. The van der Waals surface area contributed by atoms with E-state index in [0.29, 0.717) is 18.1 Å². The van der Waals surface area contributed by atoms with Gasteiger partial charge in [0.1, 0.15) is 5.82 Å². The molecule has 1 atom stereocenters. The summed E-state index contributed by atoms with van der Waals surface area (Å²) in [5.41, 5.74) is 1.74. The van der Waals surface area contributed by atoms with Crippen LogP contribution in [0.3, 0.4) is 0 Å². The van der Waals surface area contributed by atoms with Crippen LogP contribution in [0.2, 0.25) is 0 Å². The van der Waals surface area contributed by atoms with Gasteiger partial charge in [-0.1, -0.05) is 59.8 Å². The summed E-state index contributed by atoms with van der Waals surface area (Å²) in [6.45, 7) is 1.86. The summed E-state index contributed by atoms with van der Waals surface area (Å²) in [7, 11) is 0. The van der Waals surface area contributed by atoms with E-state index in [9.17, 15) is 9.18 Å². The average molecular weight is 389 g/mol. The number of rotatable bonds is 6. The predicted octanol–water partition coefficient (Wildman–Crippen LogP) is 4.84. The fraction of sp³-hybridized carbons (Fsp3) is 0.174. The van der Waals surface area contributed by atoms with Gasteiger partial charge in [-0.3, -0.25) is 4.79 Å². The van der Waals surface area contributed by atoms with E-state index in [1.165, 1.54) is 12.1 Å². The first-order valence-corrected chi connectivity index (χ1v) is 9.46. The molecule has 0 bridgehead atoms. The predicted molar refractivity (Wildman–Crippen MR) is 109 cm³/mol. The fourth-order valence-electron chi connectivity index (χ4n) is 3.26. The summed E-state index contributed by atoms with van der Waals surface area (Å²) in [6, 6.07) is 19.8. The smallest absolute Gasteiger partial charge is 0.227 e. The summed E-state index contributed by atoms with van der Waals surface area (Å²) in [5.74, 6) is 0.492. The van der Waals surface area contributed by atoms with Crippen molar-refractivity contribution in [3.63, 3.8) is 0 Å². The van der Waals surface area contributed by atoms with Crippen molar-refractivity contribution in [2.24, 2.45) is 0 Å². The summed E-state index contributed by atoms with van der Waals surface area (Å²) < 4.78 is 18.4. The summed E-state index contributed by atoms with van der Waals surface area (Å²) >= 11 is 0. The summed E-state index contributed by atoms with van der Waals surface area (Å²) in [5, 5.41) is 9.13. The first-order valence-electron chi connectivity index (χ1n) is 9.46. The molecule has 1 aromatic heterocycles. The monoisotopic (exact) mass is 389 g/mol. The maximum absolute atomic E-state index is 13.0. The maximum atomic E-state index is 13.0. The van der Waals surface area contributed by atoms with Crippen molar-refractivity contribution in [1.29, 1.82) is 0 Å². The highest BCUT2D eigenvalue weighted by atomic mass is 19.1. The summed E-state index contributed by atoms with van der Waals surface area (Å²) in [4.78, 5) is 16.7. The molecule has 0 aliphatic rings. The van der Waals surface area contributed by atoms with E-state index in [1.807, 2.05) is 49.4 Å². The Labute approximate surface area is 167 Å². The first kappa shape index (κ1) is 18.8. The van der Waals surface area contributed by atoms with Gasteiger partial charge >= 0.3 is 0 Å². The molecule has 4 aromatic rings. The van der Waals surface area contributed by atoms with Crippen LogP contribution in [0.4, 0.5) is 4.39 Å². The van der Waals surface area contributed by atoms with E-state index in [1.54, 1.807) is 12.1 Å². The number of fused-ring (bicyclic) bond motifs is 1. The molecule has 3 aromatic carbocycles. The molecule has 0 spiro atoms. The van der Waals surface area contributed by atoms with Crippen molar-refractivity contribution in [2.75, 3.05) is 0 Å². The summed E-state index contributed by atoms with van der Waals surface area (Å²) in [6.07, 6.45) is 0.572. The minimum Gasteiger partial charge on any atom is -0.350 e. The highest BCUT2D eigenvalue weighted by molar-refractivity contribution is 5.94. The number of hydrogen-bond donors (Lipinski definition) is 1. The van der Waals surface area contributed by atoms with Gasteiger partial charge in [0.15, 0.2) is 0 Å². The zero-order chi connectivity index (χ0) is 20.2. The molecule has 0 radical (unpaired) electrons. The Morgan fingerprint density at radius 3 is 2.66 bits per heavy atom. The molecule has 146 valence electrons. The maximum Gasteiger partial charge on any atom is 0.227 e. The number of hydrogen-bond acceptors (Lipinski definition) is 4. The van der Waals surface area contributed by atoms with Crippen molar-refractivity contribution in [2.45, 2.75) is 25.8 Å². The lowest BCUT2D eigenvalue weighted by Crippen LogP contribution is -2.26. The Hall–Kier alpha value is -3.54. The van der Waals surface area contributed by atoms with E-state index in [-0.39, 0.29) is 24.2 Å². The topological polar surface area (TPSA) is 68.0 Å². The highest BCUT2D eigenvalue weighted by Crippen LogP contribution is 2.26. The van der Waals surface area contributed by atoms with Crippen molar-refractivity contribution >= 4 is 16.7 Å². The van der Waals surface area contributed by atoms with Crippen LogP contribution in [-0.2, 0) is 11.2 Å². The normalized spacial score (nSPS) is 12.1. The van der Waals surface area contributed by atoms with Crippen molar-refractivity contribution in [3.8, 4) is 11.4 Å². The van der Waals surface area contributed by atoms with Crippen LogP contribution in [0.25, 0.3) is 22.2 Å². The van der Waals surface area contributed by atoms with Gasteiger partial charge in [-0.25, -0.2) is 4.39 Å². The van der Waals surface area contributed by atoms with E-state index < -0.39 is 0 Å². The van der Waals surface area contributed by atoms with Crippen LogP contribution in [0.1, 0.15) is 30.8 Å². The van der Waals surface area contributed by atoms with Gasteiger partial charge in [-0.2, -0.15) is 4.98 Å². The Morgan fingerprint density at radius 2 is 1.83 bits per heavy atom. The number of nitrogens with zero attached hydrogens (tertiary/aromatic N) is 2. The molecule has 1 unspecified atom stereocenters. The Balaban J connectivity index is 1.39. The molecular weight excluding hydrogens is 369 g/mol. The van der Waals surface area contributed by atoms with Gasteiger partial charge in [0.25, 0.3) is 0 Å². The van der Waals surface area contributed by atoms with E-state index >= 15 is 0 Å². The number of aryl methyl sites for hydroxylation is 1. The Bertz CT molecular complexity index is 1130. The Morgan fingerprint density at radius 1 is 1.07 bits per heavy atom. The van der Waals surface area contributed by atoms with Gasteiger partial charge in [0.2, 0.25) is 17.6 Å². The minimum atomic E-state index is -0.300. The van der Waals surface area contributed by atoms with Crippen LogP contribution < -0.4 is 5.32 Å². The molecule has 0 fully saturated rings. The van der Waals surface area contributed by atoms with Crippen LogP contribution in [0.15, 0.2) is 71.3 Å². The second-order valence-electron chi connectivity index (χ2n) is 6.88.